The van der Waals surface area contributed by atoms with E-state index < -0.39 is 5.97 Å². The molecule has 0 bridgehead atoms. The molecule has 38 heavy (non-hydrogen) atoms. The standard InChI is InChI=1S/C28H35N5O5/c1-16(18(3)31-21-9-7-20(8-10-21)26(29)33-37)13-22(38-4)14-17(2)23-11-12-24(32-25(23)28(35)36)27(34)30-15-19-5-6-19/h7-12,14,16,18-19,31,37H,2,5-6,13,15H2,1,3-4H3,(H2,29,33)(H,30,34)(H,35,36)/b22-14+/t16?,18-/m1/s1. The van der Waals surface area contributed by atoms with Crippen molar-refractivity contribution in [1.29, 1.82) is 0 Å². The van der Waals surface area contributed by atoms with Crippen molar-refractivity contribution in [3.8, 4) is 0 Å². The second-order valence-corrected chi connectivity index (χ2v) is 9.57. The predicted molar refractivity (Wildman–Crippen MR) is 146 cm³/mol. The number of carboxylic acids is 1. The maximum atomic E-state index is 12.4. The van der Waals surface area contributed by atoms with Gasteiger partial charge in [0.05, 0.1) is 12.9 Å². The van der Waals surface area contributed by atoms with Gasteiger partial charge in [-0.25, -0.2) is 9.78 Å². The van der Waals surface area contributed by atoms with Crippen LogP contribution in [0.15, 0.2) is 60.0 Å². The zero-order valence-electron chi connectivity index (χ0n) is 21.9. The molecule has 2 aromatic rings. The van der Waals surface area contributed by atoms with E-state index in [0.717, 1.165) is 18.5 Å². The van der Waals surface area contributed by atoms with Crippen molar-refractivity contribution in [2.75, 3.05) is 19.0 Å². The van der Waals surface area contributed by atoms with Crippen LogP contribution in [0.2, 0.25) is 0 Å². The lowest BCUT2D eigenvalue weighted by Crippen LogP contribution is -2.27. The van der Waals surface area contributed by atoms with E-state index in [1.807, 2.05) is 19.1 Å². The minimum absolute atomic E-state index is 0.0424. The number of nitrogens with zero attached hydrogens (tertiary/aromatic N) is 2. The number of aromatic nitrogens is 1. The van der Waals surface area contributed by atoms with Gasteiger partial charge < -0.3 is 31.4 Å². The topological polar surface area (TPSA) is 159 Å². The number of amides is 1. The van der Waals surface area contributed by atoms with Crippen LogP contribution in [0.5, 0.6) is 0 Å². The Balaban J connectivity index is 1.68. The summed E-state index contributed by atoms with van der Waals surface area (Å²) in [6, 6.07) is 10.3. The van der Waals surface area contributed by atoms with Gasteiger partial charge in [0.25, 0.3) is 5.91 Å². The van der Waals surface area contributed by atoms with Gasteiger partial charge in [-0.3, -0.25) is 4.79 Å². The quantitative estimate of drug-likeness (QED) is 0.0658. The van der Waals surface area contributed by atoms with E-state index in [4.69, 9.17) is 15.7 Å². The number of pyridine rings is 1. The summed E-state index contributed by atoms with van der Waals surface area (Å²) in [4.78, 5) is 28.4. The molecule has 2 atom stereocenters. The van der Waals surface area contributed by atoms with Crippen LogP contribution in [0.25, 0.3) is 5.57 Å². The molecule has 1 aliphatic rings. The molecule has 1 heterocycles. The first-order valence-corrected chi connectivity index (χ1v) is 12.4. The van der Waals surface area contributed by atoms with Gasteiger partial charge in [0, 0.05) is 35.8 Å². The summed E-state index contributed by atoms with van der Waals surface area (Å²) in [6.45, 7) is 8.72. The third-order valence-corrected chi connectivity index (χ3v) is 6.58. The van der Waals surface area contributed by atoms with Crippen molar-refractivity contribution < 1.29 is 24.6 Å². The minimum atomic E-state index is -1.24. The number of amidine groups is 1. The Labute approximate surface area is 222 Å². The molecule has 1 aromatic heterocycles. The first kappa shape index (κ1) is 28.2. The molecule has 10 heteroatoms. The number of rotatable bonds is 13. The van der Waals surface area contributed by atoms with E-state index in [1.165, 1.54) is 6.07 Å². The maximum absolute atomic E-state index is 12.4. The molecule has 1 fully saturated rings. The van der Waals surface area contributed by atoms with Gasteiger partial charge in [-0.05, 0) is 79.6 Å². The highest BCUT2D eigenvalue weighted by Crippen LogP contribution is 2.28. The smallest absolute Gasteiger partial charge is 0.355 e. The summed E-state index contributed by atoms with van der Waals surface area (Å²) >= 11 is 0. The Kier molecular flexibility index (Phi) is 9.48. The Morgan fingerprint density at radius 1 is 1.24 bits per heavy atom. The highest BCUT2D eigenvalue weighted by molar-refractivity contribution is 5.98. The molecular formula is C28H35N5O5. The van der Waals surface area contributed by atoms with Gasteiger partial charge in [-0.2, -0.15) is 0 Å². The van der Waals surface area contributed by atoms with Gasteiger partial charge >= 0.3 is 5.97 Å². The lowest BCUT2D eigenvalue weighted by atomic mass is 9.96. The fourth-order valence-electron chi connectivity index (χ4n) is 3.82. The Hall–Kier alpha value is -4.34. The first-order valence-electron chi connectivity index (χ1n) is 12.4. The van der Waals surface area contributed by atoms with Crippen LogP contribution < -0.4 is 16.4 Å². The number of anilines is 1. The summed E-state index contributed by atoms with van der Waals surface area (Å²) in [5.41, 5.74) is 7.67. The number of allylic oxidation sites excluding steroid dienone is 3. The number of nitrogens with one attached hydrogen (secondary N) is 2. The number of carboxylic acid groups (broad SMARTS) is 1. The molecule has 6 N–H and O–H groups in total. The normalized spacial score (nSPS) is 15.3. The fraction of sp³-hybridized carbons (Fsp3) is 0.357. The average Bonchev–Trinajstić information content (AvgIpc) is 3.75. The van der Waals surface area contributed by atoms with E-state index in [1.54, 1.807) is 31.4 Å². The van der Waals surface area contributed by atoms with Crippen molar-refractivity contribution in [1.82, 2.24) is 10.3 Å². The second kappa shape index (κ2) is 12.8. The molecule has 1 saturated carbocycles. The second-order valence-electron chi connectivity index (χ2n) is 9.57. The average molecular weight is 522 g/mol. The van der Waals surface area contributed by atoms with Crippen LogP contribution in [-0.2, 0) is 4.74 Å². The summed E-state index contributed by atoms with van der Waals surface area (Å²) < 4.78 is 5.58. The number of oxime groups is 1. The predicted octanol–water partition coefficient (Wildman–Crippen LogP) is 4.08. The molecule has 1 aromatic carbocycles. The number of ether oxygens (including phenoxy) is 1. The van der Waals surface area contributed by atoms with Gasteiger partial charge in [0.15, 0.2) is 11.5 Å². The van der Waals surface area contributed by atoms with Crippen LogP contribution in [0.3, 0.4) is 0 Å². The molecule has 1 amide bonds. The van der Waals surface area contributed by atoms with Crippen LogP contribution in [0, 0.1) is 11.8 Å². The van der Waals surface area contributed by atoms with Crippen molar-refractivity contribution >= 4 is 29.0 Å². The first-order chi connectivity index (χ1) is 18.1. The largest absolute Gasteiger partial charge is 0.501 e. The number of nitrogens with two attached hydrogens (primary N) is 1. The minimum Gasteiger partial charge on any atom is -0.501 e. The van der Waals surface area contributed by atoms with Crippen molar-refractivity contribution in [3.05, 3.63) is 77.3 Å². The summed E-state index contributed by atoms with van der Waals surface area (Å²) in [6.07, 6.45) is 4.45. The van der Waals surface area contributed by atoms with Crippen LogP contribution in [0.1, 0.15) is 65.2 Å². The third-order valence-electron chi connectivity index (χ3n) is 6.58. The van der Waals surface area contributed by atoms with E-state index in [2.05, 4.69) is 34.3 Å². The van der Waals surface area contributed by atoms with Gasteiger partial charge in [0.1, 0.15) is 5.69 Å². The van der Waals surface area contributed by atoms with Crippen molar-refractivity contribution in [2.45, 2.75) is 39.2 Å². The van der Waals surface area contributed by atoms with Crippen molar-refractivity contribution in [3.63, 3.8) is 0 Å². The molecule has 1 unspecified atom stereocenters. The van der Waals surface area contributed by atoms with E-state index in [9.17, 15) is 14.7 Å². The number of aromatic carboxylic acids is 1. The lowest BCUT2D eigenvalue weighted by Gasteiger charge is -2.23. The van der Waals surface area contributed by atoms with E-state index in [0.29, 0.717) is 41.3 Å². The summed E-state index contributed by atoms with van der Waals surface area (Å²) in [5, 5.41) is 27.8. The molecule has 3 rings (SSSR count). The number of carbonyl (C=O) groups is 2. The zero-order valence-corrected chi connectivity index (χ0v) is 21.9. The lowest BCUT2D eigenvalue weighted by molar-refractivity contribution is 0.0690. The SMILES string of the molecule is C=C(/C=C(\CC(C)[C@@H](C)Nc1ccc(/C(N)=N\O)cc1)OC)c1ccc(C(=O)NCC2CC2)nc1C(=O)O. The number of methoxy groups -OCH3 is 1. The number of carbonyl (C=O) groups excluding carboxylic acids is 1. The van der Waals surface area contributed by atoms with Gasteiger partial charge in [-0.1, -0.05) is 18.7 Å². The van der Waals surface area contributed by atoms with Gasteiger partial charge in [-0.15, -0.1) is 0 Å². The van der Waals surface area contributed by atoms with Crippen LogP contribution >= 0.6 is 0 Å². The molecule has 202 valence electrons. The van der Waals surface area contributed by atoms with Crippen LogP contribution in [-0.4, -0.2) is 52.7 Å². The number of hydrogen-bond acceptors (Lipinski definition) is 7. The third kappa shape index (κ3) is 7.58. The monoisotopic (exact) mass is 521 g/mol. The Bertz CT molecular complexity index is 1230. The molecule has 1 aliphatic carbocycles. The highest BCUT2D eigenvalue weighted by Gasteiger charge is 2.23. The van der Waals surface area contributed by atoms with Gasteiger partial charge in [0.2, 0.25) is 0 Å². The highest BCUT2D eigenvalue weighted by atomic mass is 16.5. The summed E-state index contributed by atoms with van der Waals surface area (Å²) in [7, 11) is 1.55. The van der Waals surface area contributed by atoms with E-state index >= 15 is 0 Å². The Morgan fingerprint density at radius 2 is 1.92 bits per heavy atom. The summed E-state index contributed by atoms with van der Waals surface area (Å²) in [5.74, 6) is -0.329. The molecular weight excluding hydrogens is 486 g/mol. The number of benzene rings is 1. The fourth-order valence-corrected chi connectivity index (χ4v) is 3.82. The number of hydrogen-bond donors (Lipinski definition) is 5. The molecule has 0 radical (unpaired) electrons. The maximum Gasteiger partial charge on any atom is 0.355 e. The van der Waals surface area contributed by atoms with E-state index in [-0.39, 0.29) is 35.1 Å². The molecule has 10 nitrogen and oxygen atoms in total. The molecule has 0 aliphatic heterocycles. The van der Waals surface area contributed by atoms with Crippen molar-refractivity contribution in [2.24, 2.45) is 22.7 Å². The molecule has 0 saturated heterocycles. The molecule has 0 spiro atoms. The Morgan fingerprint density at radius 3 is 2.50 bits per heavy atom. The van der Waals surface area contributed by atoms with Crippen LogP contribution in [0.4, 0.5) is 5.69 Å². The zero-order chi connectivity index (χ0) is 27.8.